The SMILES string of the molecule is CC1(C)c2ccccc2-c2ccc(-c3nc(-c4ccc(-c5ccc6ccc7cccc8ccc5c6c78)cc4)nc(-c4cccc(-c5cccnc5)c4)n3)cc21. The van der Waals surface area contributed by atoms with Crippen LogP contribution in [0.25, 0.3) is 99.9 Å². The van der Waals surface area contributed by atoms with E-state index in [2.05, 4.69) is 170 Å². The van der Waals surface area contributed by atoms with Gasteiger partial charge in [0, 0.05) is 40.1 Å². The highest BCUT2D eigenvalue weighted by Gasteiger charge is 2.35. The van der Waals surface area contributed by atoms with Crippen molar-refractivity contribution in [3.8, 4) is 67.5 Å². The first-order chi connectivity index (χ1) is 27.0. The van der Waals surface area contributed by atoms with Gasteiger partial charge >= 0.3 is 0 Å². The average molecular weight is 703 g/mol. The number of fused-ring (bicyclic) bond motifs is 3. The third-order valence-electron chi connectivity index (χ3n) is 11.6. The minimum Gasteiger partial charge on any atom is -0.264 e. The van der Waals surface area contributed by atoms with Gasteiger partial charge in [-0.2, -0.15) is 0 Å². The lowest BCUT2D eigenvalue weighted by molar-refractivity contribution is 0.660. The highest BCUT2D eigenvalue weighted by molar-refractivity contribution is 6.25. The number of hydrogen-bond donors (Lipinski definition) is 0. The molecule has 4 nitrogen and oxygen atoms in total. The Balaban J connectivity index is 1.04. The monoisotopic (exact) mass is 702 g/mol. The van der Waals surface area contributed by atoms with Gasteiger partial charge in [0.15, 0.2) is 17.5 Å². The molecule has 0 unspecified atom stereocenters. The molecule has 2 aromatic heterocycles. The van der Waals surface area contributed by atoms with Crippen molar-refractivity contribution in [3.05, 3.63) is 181 Å². The summed E-state index contributed by atoms with van der Waals surface area (Å²) in [5.41, 5.74) is 12.3. The fourth-order valence-corrected chi connectivity index (χ4v) is 8.76. The molecule has 0 radical (unpaired) electrons. The van der Waals surface area contributed by atoms with Gasteiger partial charge in [0.05, 0.1) is 0 Å². The number of aromatic nitrogens is 4. The fraction of sp³-hybridized carbons (Fsp3) is 0.0588. The lowest BCUT2D eigenvalue weighted by Gasteiger charge is -2.21. The van der Waals surface area contributed by atoms with Crippen molar-refractivity contribution in [2.45, 2.75) is 19.3 Å². The maximum absolute atomic E-state index is 5.18. The topological polar surface area (TPSA) is 51.6 Å². The zero-order valence-electron chi connectivity index (χ0n) is 30.5. The van der Waals surface area contributed by atoms with Gasteiger partial charge in [0.25, 0.3) is 0 Å². The molecule has 258 valence electrons. The van der Waals surface area contributed by atoms with E-state index in [1.807, 2.05) is 12.3 Å². The van der Waals surface area contributed by atoms with Crippen LogP contribution in [0.5, 0.6) is 0 Å². The third-order valence-corrected chi connectivity index (χ3v) is 11.6. The van der Waals surface area contributed by atoms with Crippen molar-refractivity contribution in [1.82, 2.24) is 19.9 Å². The van der Waals surface area contributed by atoms with E-state index < -0.39 is 0 Å². The molecule has 55 heavy (non-hydrogen) atoms. The second kappa shape index (κ2) is 12.0. The summed E-state index contributed by atoms with van der Waals surface area (Å²) in [4.78, 5) is 19.8. The van der Waals surface area contributed by atoms with Crippen molar-refractivity contribution < 1.29 is 0 Å². The van der Waals surface area contributed by atoms with Crippen LogP contribution in [0, 0.1) is 0 Å². The third kappa shape index (κ3) is 4.99. The zero-order valence-corrected chi connectivity index (χ0v) is 30.5. The first-order valence-corrected chi connectivity index (χ1v) is 18.8. The van der Waals surface area contributed by atoms with Gasteiger partial charge in [-0.15, -0.1) is 0 Å². The number of rotatable bonds is 5. The van der Waals surface area contributed by atoms with Gasteiger partial charge in [0.1, 0.15) is 0 Å². The molecule has 0 fully saturated rings. The van der Waals surface area contributed by atoms with Gasteiger partial charge in [-0.05, 0) is 89.5 Å². The normalized spacial score (nSPS) is 13.1. The van der Waals surface area contributed by atoms with E-state index in [4.69, 9.17) is 15.0 Å². The molecule has 0 amide bonds. The summed E-state index contributed by atoms with van der Waals surface area (Å²) in [5, 5.41) is 7.70. The lowest BCUT2D eigenvalue weighted by Crippen LogP contribution is -2.15. The van der Waals surface area contributed by atoms with Crippen LogP contribution < -0.4 is 0 Å². The van der Waals surface area contributed by atoms with Crippen LogP contribution in [0.1, 0.15) is 25.0 Å². The van der Waals surface area contributed by atoms with E-state index >= 15 is 0 Å². The fourth-order valence-electron chi connectivity index (χ4n) is 8.76. The Morgan fingerprint density at radius 3 is 1.75 bits per heavy atom. The second-order valence-corrected chi connectivity index (χ2v) is 15.1. The van der Waals surface area contributed by atoms with E-state index in [1.165, 1.54) is 60.1 Å². The van der Waals surface area contributed by atoms with Crippen molar-refractivity contribution >= 4 is 32.3 Å². The molecule has 0 N–H and O–H groups in total. The Morgan fingerprint density at radius 1 is 0.382 bits per heavy atom. The predicted molar refractivity (Wildman–Crippen MR) is 226 cm³/mol. The van der Waals surface area contributed by atoms with E-state index in [0.29, 0.717) is 17.5 Å². The molecule has 2 heterocycles. The lowest BCUT2D eigenvalue weighted by atomic mass is 9.82. The van der Waals surface area contributed by atoms with Gasteiger partial charge in [0.2, 0.25) is 0 Å². The summed E-state index contributed by atoms with van der Waals surface area (Å²) in [5.74, 6) is 1.92. The van der Waals surface area contributed by atoms with Crippen LogP contribution in [0.3, 0.4) is 0 Å². The molecule has 0 saturated heterocycles. The molecule has 0 bridgehead atoms. The molecular formula is C51H34N4. The largest absolute Gasteiger partial charge is 0.264 e. The molecule has 10 aromatic rings. The van der Waals surface area contributed by atoms with Crippen LogP contribution in [-0.4, -0.2) is 19.9 Å². The quantitative estimate of drug-likeness (QED) is 0.168. The Bertz CT molecular complexity index is 3090. The molecule has 8 aromatic carbocycles. The van der Waals surface area contributed by atoms with Gasteiger partial charge in [-0.3, -0.25) is 4.98 Å². The number of benzene rings is 8. The Morgan fingerprint density at radius 2 is 0.964 bits per heavy atom. The molecule has 0 spiro atoms. The number of hydrogen-bond acceptors (Lipinski definition) is 4. The van der Waals surface area contributed by atoms with E-state index in [-0.39, 0.29) is 5.41 Å². The molecule has 11 rings (SSSR count). The molecule has 4 heteroatoms. The molecule has 0 aliphatic heterocycles. The van der Waals surface area contributed by atoms with Crippen molar-refractivity contribution in [2.24, 2.45) is 0 Å². The summed E-state index contributed by atoms with van der Waals surface area (Å²) in [6, 6.07) is 56.5. The Hall–Kier alpha value is -7.04. The van der Waals surface area contributed by atoms with Gasteiger partial charge < -0.3 is 0 Å². The van der Waals surface area contributed by atoms with E-state index in [0.717, 1.165) is 33.4 Å². The summed E-state index contributed by atoms with van der Waals surface area (Å²) in [6.07, 6.45) is 3.68. The van der Waals surface area contributed by atoms with Crippen molar-refractivity contribution in [3.63, 3.8) is 0 Å². The Kier molecular flexibility index (Phi) is 6.86. The maximum atomic E-state index is 5.18. The van der Waals surface area contributed by atoms with Gasteiger partial charge in [-0.25, -0.2) is 15.0 Å². The van der Waals surface area contributed by atoms with E-state index in [1.54, 1.807) is 6.20 Å². The average Bonchev–Trinajstić information content (AvgIpc) is 3.48. The summed E-state index contributed by atoms with van der Waals surface area (Å²) in [7, 11) is 0. The smallest absolute Gasteiger partial charge is 0.164 e. The number of nitrogens with zero attached hydrogens (tertiary/aromatic N) is 4. The van der Waals surface area contributed by atoms with Crippen molar-refractivity contribution in [1.29, 1.82) is 0 Å². The molecule has 0 atom stereocenters. The van der Waals surface area contributed by atoms with Crippen LogP contribution in [0.2, 0.25) is 0 Å². The standard InChI is InChI=1S/C51H34N4/c1-51(2)44-14-4-3-13-41(44)42-25-23-38(29-45(42)51)50-54-48(53-49(55-50)37-11-6-10-36(28-37)39-12-7-27-52-30-39)35-19-15-31(16-20-35)40-24-21-34-18-17-32-8-5-9-33-22-26-43(40)47(34)46(32)33/h3-30H,1-2H3. The highest BCUT2D eigenvalue weighted by atomic mass is 15.0. The molecule has 1 aliphatic rings. The summed E-state index contributed by atoms with van der Waals surface area (Å²) < 4.78 is 0. The molecule has 0 saturated carbocycles. The highest BCUT2D eigenvalue weighted by Crippen LogP contribution is 2.49. The summed E-state index contributed by atoms with van der Waals surface area (Å²) >= 11 is 0. The zero-order chi connectivity index (χ0) is 36.7. The van der Waals surface area contributed by atoms with Crippen LogP contribution in [-0.2, 0) is 5.41 Å². The molecular weight excluding hydrogens is 669 g/mol. The summed E-state index contributed by atoms with van der Waals surface area (Å²) in [6.45, 7) is 4.61. The van der Waals surface area contributed by atoms with Crippen molar-refractivity contribution in [2.75, 3.05) is 0 Å². The van der Waals surface area contributed by atoms with Crippen LogP contribution >= 0.6 is 0 Å². The minimum absolute atomic E-state index is 0.139. The first kappa shape index (κ1) is 31.5. The van der Waals surface area contributed by atoms with Crippen LogP contribution in [0.4, 0.5) is 0 Å². The van der Waals surface area contributed by atoms with Crippen LogP contribution in [0.15, 0.2) is 170 Å². The van der Waals surface area contributed by atoms with E-state index in [9.17, 15) is 0 Å². The predicted octanol–water partition coefficient (Wildman–Crippen LogP) is 12.8. The Labute approximate surface area is 319 Å². The first-order valence-electron chi connectivity index (χ1n) is 18.8. The second-order valence-electron chi connectivity index (χ2n) is 15.1. The minimum atomic E-state index is -0.139. The maximum Gasteiger partial charge on any atom is 0.164 e. The number of pyridine rings is 1. The molecule has 1 aliphatic carbocycles. The van der Waals surface area contributed by atoms with Gasteiger partial charge in [-0.1, -0.05) is 153 Å².